The summed E-state index contributed by atoms with van der Waals surface area (Å²) in [7, 11) is 0. The van der Waals surface area contributed by atoms with E-state index in [-0.39, 0.29) is 11.5 Å². The Hall–Kier alpha value is -2.27. The second-order valence-corrected chi connectivity index (χ2v) is 6.49. The first-order valence-corrected chi connectivity index (χ1v) is 8.71. The standard InChI is InChI=1S/C18H16IN3O2/c19-17-7-6-16(24-17)12-14(13-20)18(23)22-10-8-21(9-11-22)15-4-2-1-3-5-15/h1-7,12H,8-11H2/b14-12-. The van der Waals surface area contributed by atoms with Crippen LogP contribution in [0, 0.1) is 15.1 Å². The molecule has 0 bridgehead atoms. The SMILES string of the molecule is N#C/C(=C/c1ccc(I)o1)C(=O)N1CCN(c2ccccc2)CC1. The molecule has 0 N–H and O–H groups in total. The molecule has 1 saturated heterocycles. The van der Waals surface area contributed by atoms with Crippen LogP contribution in [0.15, 0.2) is 52.5 Å². The number of carbonyl (C=O) groups is 1. The van der Waals surface area contributed by atoms with Crippen molar-refractivity contribution in [2.75, 3.05) is 31.1 Å². The number of anilines is 1. The Bertz CT molecular complexity index is 784. The van der Waals surface area contributed by atoms with Gasteiger partial charge in [-0.2, -0.15) is 5.26 Å². The van der Waals surface area contributed by atoms with Crippen molar-refractivity contribution in [3.63, 3.8) is 0 Å². The second-order valence-electron chi connectivity index (χ2n) is 5.43. The molecule has 24 heavy (non-hydrogen) atoms. The van der Waals surface area contributed by atoms with Gasteiger partial charge in [-0.05, 0) is 46.9 Å². The Balaban J connectivity index is 1.66. The van der Waals surface area contributed by atoms with Crippen LogP contribution >= 0.6 is 22.6 Å². The molecule has 122 valence electrons. The largest absolute Gasteiger partial charge is 0.451 e. The first-order valence-electron chi connectivity index (χ1n) is 7.64. The van der Waals surface area contributed by atoms with Crippen LogP contribution in [-0.4, -0.2) is 37.0 Å². The highest BCUT2D eigenvalue weighted by Crippen LogP contribution is 2.18. The van der Waals surface area contributed by atoms with E-state index in [4.69, 9.17) is 4.42 Å². The minimum atomic E-state index is -0.239. The first-order chi connectivity index (χ1) is 11.7. The van der Waals surface area contributed by atoms with Crippen LogP contribution in [0.1, 0.15) is 5.76 Å². The minimum absolute atomic E-state index is 0.105. The van der Waals surface area contributed by atoms with Gasteiger partial charge in [-0.15, -0.1) is 0 Å². The highest BCUT2D eigenvalue weighted by molar-refractivity contribution is 14.1. The van der Waals surface area contributed by atoms with Gasteiger partial charge in [0.05, 0.1) is 0 Å². The summed E-state index contributed by atoms with van der Waals surface area (Å²) in [5.41, 5.74) is 1.26. The molecular formula is C18H16IN3O2. The van der Waals surface area contributed by atoms with Gasteiger partial charge in [0.2, 0.25) is 0 Å². The van der Waals surface area contributed by atoms with E-state index in [1.807, 2.05) is 46.9 Å². The number of nitrogens with zero attached hydrogens (tertiary/aromatic N) is 3. The van der Waals surface area contributed by atoms with Crippen molar-refractivity contribution in [1.82, 2.24) is 4.90 Å². The van der Waals surface area contributed by atoms with E-state index in [9.17, 15) is 10.1 Å². The van der Waals surface area contributed by atoms with Gasteiger partial charge in [-0.1, -0.05) is 18.2 Å². The third-order valence-corrected chi connectivity index (χ3v) is 4.50. The maximum absolute atomic E-state index is 12.6. The third kappa shape index (κ3) is 3.79. The summed E-state index contributed by atoms with van der Waals surface area (Å²) < 4.78 is 6.13. The van der Waals surface area contributed by atoms with Crippen molar-refractivity contribution in [2.45, 2.75) is 0 Å². The molecule has 0 unspecified atom stereocenters. The number of hydrogen-bond acceptors (Lipinski definition) is 4. The van der Waals surface area contributed by atoms with E-state index >= 15 is 0 Å². The minimum Gasteiger partial charge on any atom is -0.451 e. The zero-order valence-corrected chi connectivity index (χ0v) is 15.1. The fourth-order valence-electron chi connectivity index (χ4n) is 2.67. The molecule has 3 rings (SSSR count). The van der Waals surface area contributed by atoms with Crippen molar-refractivity contribution in [3.8, 4) is 6.07 Å². The van der Waals surface area contributed by atoms with Gasteiger partial charge >= 0.3 is 0 Å². The molecule has 1 amide bonds. The maximum atomic E-state index is 12.6. The van der Waals surface area contributed by atoms with E-state index in [2.05, 4.69) is 17.0 Å². The van der Waals surface area contributed by atoms with E-state index in [0.717, 1.165) is 22.5 Å². The molecule has 5 nitrogen and oxygen atoms in total. The quantitative estimate of drug-likeness (QED) is 0.424. The molecule has 0 atom stereocenters. The number of furan rings is 1. The van der Waals surface area contributed by atoms with Crippen molar-refractivity contribution in [3.05, 3.63) is 57.6 Å². The average Bonchev–Trinajstić information content (AvgIpc) is 3.05. The van der Waals surface area contributed by atoms with E-state index in [0.29, 0.717) is 18.8 Å². The molecule has 0 saturated carbocycles. The summed E-state index contributed by atoms with van der Waals surface area (Å²) in [4.78, 5) is 16.5. The Kier molecular flexibility index (Phi) is 5.20. The van der Waals surface area contributed by atoms with Crippen molar-refractivity contribution < 1.29 is 9.21 Å². The fraction of sp³-hybridized carbons (Fsp3) is 0.222. The highest BCUT2D eigenvalue weighted by Gasteiger charge is 2.24. The molecule has 2 heterocycles. The third-order valence-electron chi connectivity index (χ3n) is 3.92. The molecule has 6 heteroatoms. The second kappa shape index (κ2) is 7.53. The molecule has 1 aromatic carbocycles. The molecular weight excluding hydrogens is 417 g/mol. The van der Waals surface area contributed by atoms with Crippen LogP contribution in [0.3, 0.4) is 0 Å². The summed E-state index contributed by atoms with van der Waals surface area (Å²) in [5, 5.41) is 9.31. The Labute approximate surface area is 154 Å². The highest BCUT2D eigenvalue weighted by atomic mass is 127. The van der Waals surface area contributed by atoms with Gasteiger partial charge in [0.15, 0.2) is 3.77 Å². The van der Waals surface area contributed by atoms with Crippen LogP contribution in [0.25, 0.3) is 6.08 Å². The lowest BCUT2D eigenvalue weighted by Gasteiger charge is -2.36. The predicted octanol–water partition coefficient (Wildman–Crippen LogP) is 3.14. The van der Waals surface area contributed by atoms with Crippen LogP contribution < -0.4 is 4.90 Å². The van der Waals surface area contributed by atoms with Crippen LogP contribution in [0.4, 0.5) is 5.69 Å². The van der Waals surface area contributed by atoms with Gasteiger partial charge in [-0.3, -0.25) is 4.79 Å². The molecule has 1 fully saturated rings. The number of halogens is 1. The Morgan fingerprint density at radius 1 is 1.12 bits per heavy atom. The number of benzene rings is 1. The summed E-state index contributed by atoms with van der Waals surface area (Å²) in [5.74, 6) is 0.281. The van der Waals surface area contributed by atoms with Crippen LogP contribution in [0.2, 0.25) is 0 Å². The lowest BCUT2D eigenvalue weighted by molar-refractivity contribution is -0.126. The van der Waals surface area contributed by atoms with Gasteiger partial charge in [0.25, 0.3) is 5.91 Å². The summed E-state index contributed by atoms with van der Waals surface area (Å²) >= 11 is 2.05. The van der Waals surface area contributed by atoms with E-state index < -0.39 is 0 Å². The van der Waals surface area contributed by atoms with E-state index in [1.165, 1.54) is 6.08 Å². The summed E-state index contributed by atoms with van der Waals surface area (Å²) in [6.45, 7) is 2.71. The average molecular weight is 433 g/mol. The van der Waals surface area contributed by atoms with Gasteiger partial charge < -0.3 is 14.2 Å². The molecule has 1 aliphatic heterocycles. The van der Waals surface area contributed by atoms with Crippen molar-refractivity contribution in [1.29, 1.82) is 5.26 Å². The van der Waals surface area contributed by atoms with Crippen LogP contribution in [0.5, 0.6) is 0 Å². The molecule has 1 aliphatic rings. The number of carbonyl (C=O) groups excluding carboxylic acids is 1. The zero-order valence-electron chi connectivity index (χ0n) is 13.0. The van der Waals surface area contributed by atoms with Crippen molar-refractivity contribution >= 4 is 40.3 Å². The molecule has 1 aromatic heterocycles. The molecule has 0 spiro atoms. The number of amides is 1. The predicted molar refractivity (Wildman–Crippen MR) is 100 cm³/mol. The molecule has 0 aliphatic carbocycles. The topological polar surface area (TPSA) is 60.5 Å². The number of rotatable bonds is 3. The number of para-hydroxylation sites is 1. The summed E-state index contributed by atoms with van der Waals surface area (Å²) in [6, 6.07) is 15.7. The number of hydrogen-bond donors (Lipinski definition) is 0. The van der Waals surface area contributed by atoms with Crippen LogP contribution in [-0.2, 0) is 4.79 Å². The van der Waals surface area contributed by atoms with Crippen molar-refractivity contribution in [2.24, 2.45) is 0 Å². The number of piperazine rings is 1. The molecule has 2 aromatic rings. The lowest BCUT2D eigenvalue weighted by atomic mass is 10.2. The summed E-state index contributed by atoms with van der Waals surface area (Å²) in [6.07, 6.45) is 1.51. The van der Waals surface area contributed by atoms with Gasteiger partial charge in [-0.25, -0.2) is 0 Å². The zero-order chi connectivity index (χ0) is 16.9. The van der Waals surface area contributed by atoms with Gasteiger partial charge in [0.1, 0.15) is 17.4 Å². The van der Waals surface area contributed by atoms with Gasteiger partial charge in [0, 0.05) is 37.9 Å². The fourth-order valence-corrected chi connectivity index (χ4v) is 3.10. The van der Waals surface area contributed by atoms with E-state index in [1.54, 1.807) is 17.0 Å². The Morgan fingerprint density at radius 3 is 2.42 bits per heavy atom. The maximum Gasteiger partial charge on any atom is 0.264 e. The first kappa shape index (κ1) is 16.6. The smallest absolute Gasteiger partial charge is 0.264 e. The molecule has 0 radical (unpaired) electrons. The normalized spacial score (nSPS) is 15.2. The lowest BCUT2D eigenvalue weighted by Crippen LogP contribution is -2.49. The monoisotopic (exact) mass is 433 g/mol. The number of nitriles is 1. The Morgan fingerprint density at radius 2 is 1.83 bits per heavy atom.